The van der Waals surface area contributed by atoms with Crippen molar-refractivity contribution >= 4 is 16.9 Å². The van der Waals surface area contributed by atoms with E-state index in [1.165, 1.54) is 12.1 Å². The van der Waals surface area contributed by atoms with Crippen LogP contribution in [0.1, 0.15) is 13.8 Å². The van der Waals surface area contributed by atoms with Gasteiger partial charge in [0, 0.05) is 31.2 Å². The average molecular weight is 260 g/mol. The van der Waals surface area contributed by atoms with Crippen molar-refractivity contribution in [1.29, 1.82) is 0 Å². The lowest BCUT2D eigenvalue weighted by atomic mass is 10.1. The first-order valence-electron chi connectivity index (χ1n) is 6.56. The molecule has 19 heavy (non-hydrogen) atoms. The van der Waals surface area contributed by atoms with Gasteiger partial charge in [-0.3, -0.25) is 4.98 Å². The molecule has 2 atom stereocenters. The van der Waals surface area contributed by atoms with Crippen molar-refractivity contribution < 1.29 is 4.39 Å². The smallest absolute Gasteiger partial charge is 0.148 e. The zero-order chi connectivity index (χ0) is 13.4. The Bertz CT molecular complexity index is 601. The molecule has 0 bridgehead atoms. The van der Waals surface area contributed by atoms with Crippen LogP contribution >= 0.6 is 0 Å². The Kier molecular flexibility index (Phi) is 3.06. The number of hydrogen-bond acceptors (Lipinski definition) is 4. The molecule has 0 aliphatic carbocycles. The van der Waals surface area contributed by atoms with Crippen molar-refractivity contribution in [3.05, 3.63) is 30.2 Å². The predicted octanol–water partition coefficient (Wildman–Crippen LogP) is 1.96. The minimum atomic E-state index is -0.279. The topological polar surface area (TPSA) is 41.1 Å². The van der Waals surface area contributed by atoms with E-state index in [0.29, 0.717) is 17.6 Å². The fraction of sp³-hybridized carbons (Fsp3) is 0.429. The van der Waals surface area contributed by atoms with Gasteiger partial charge < -0.3 is 10.2 Å². The second-order valence-corrected chi connectivity index (χ2v) is 5.17. The van der Waals surface area contributed by atoms with Crippen LogP contribution in [0.2, 0.25) is 0 Å². The van der Waals surface area contributed by atoms with Gasteiger partial charge in [0.15, 0.2) is 0 Å². The van der Waals surface area contributed by atoms with Crippen molar-refractivity contribution in [3.8, 4) is 0 Å². The van der Waals surface area contributed by atoms with Crippen LogP contribution in [0.15, 0.2) is 24.4 Å². The summed E-state index contributed by atoms with van der Waals surface area (Å²) in [6.45, 7) is 6.16. The Balaban J connectivity index is 1.98. The number of anilines is 1. The Labute approximate surface area is 111 Å². The van der Waals surface area contributed by atoms with Gasteiger partial charge in [-0.2, -0.15) is 0 Å². The molecular weight excluding hydrogens is 243 g/mol. The van der Waals surface area contributed by atoms with Gasteiger partial charge in [-0.1, -0.05) is 0 Å². The van der Waals surface area contributed by atoms with Crippen molar-refractivity contribution in [2.24, 2.45) is 0 Å². The van der Waals surface area contributed by atoms with Gasteiger partial charge in [0.2, 0.25) is 0 Å². The molecule has 1 aliphatic heterocycles. The molecule has 0 unspecified atom stereocenters. The largest absolute Gasteiger partial charge is 0.350 e. The number of nitrogens with one attached hydrogen (secondary N) is 1. The van der Waals surface area contributed by atoms with Crippen molar-refractivity contribution in [2.45, 2.75) is 25.9 Å². The molecule has 1 saturated heterocycles. The number of aromatic nitrogens is 2. The second kappa shape index (κ2) is 4.74. The summed E-state index contributed by atoms with van der Waals surface area (Å²) in [6, 6.07) is 5.32. The molecule has 100 valence electrons. The number of fused-ring (bicyclic) bond motifs is 1. The molecule has 1 aliphatic rings. The monoisotopic (exact) mass is 260 g/mol. The third kappa shape index (κ3) is 2.38. The third-order valence-electron chi connectivity index (χ3n) is 3.55. The third-order valence-corrected chi connectivity index (χ3v) is 3.55. The molecular formula is C14H17FN4. The number of nitrogens with zero attached hydrogens (tertiary/aromatic N) is 3. The van der Waals surface area contributed by atoms with E-state index in [1.54, 1.807) is 12.3 Å². The number of benzene rings is 1. The van der Waals surface area contributed by atoms with E-state index in [-0.39, 0.29) is 5.82 Å². The van der Waals surface area contributed by atoms with Crippen molar-refractivity contribution in [3.63, 3.8) is 0 Å². The number of halogens is 1. The Morgan fingerprint density at radius 1 is 1.32 bits per heavy atom. The molecule has 1 fully saturated rings. The van der Waals surface area contributed by atoms with Crippen LogP contribution in [0.3, 0.4) is 0 Å². The lowest BCUT2D eigenvalue weighted by Crippen LogP contribution is -2.54. The fourth-order valence-electron chi connectivity index (χ4n) is 2.45. The summed E-state index contributed by atoms with van der Waals surface area (Å²) in [5.74, 6) is 0.582. The van der Waals surface area contributed by atoms with Crippen molar-refractivity contribution in [2.75, 3.05) is 18.0 Å². The SMILES string of the molecule is C[C@@H]1CN(c2cnc3cc(F)ccc3n2)[C@@H](C)CN1. The highest BCUT2D eigenvalue weighted by Gasteiger charge is 2.23. The van der Waals surface area contributed by atoms with E-state index in [9.17, 15) is 4.39 Å². The summed E-state index contributed by atoms with van der Waals surface area (Å²) in [6.07, 6.45) is 1.73. The highest BCUT2D eigenvalue weighted by molar-refractivity contribution is 5.75. The zero-order valence-electron chi connectivity index (χ0n) is 11.1. The summed E-state index contributed by atoms with van der Waals surface area (Å²) in [4.78, 5) is 11.2. The van der Waals surface area contributed by atoms with E-state index in [0.717, 1.165) is 24.4 Å². The maximum atomic E-state index is 13.1. The van der Waals surface area contributed by atoms with Crippen molar-refractivity contribution in [1.82, 2.24) is 15.3 Å². The molecule has 0 amide bonds. The lowest BCUT2D eigenvalue weighted by Gasteiger charge is -2.38. The predicted molar refractivity (Wildman–Crippen MR) is 73.8 cm³/mol. The lowest BCUT2D eigenvalue weighted by molar-refractivity contribution is 0.422. The number of rotatable bonds is 1. The summed E-state index contributed by atoms with van der Waals surface area (Å²) in [5.41, 5.74) is 1.33. The van der Waals surface area contributed by atoms with Gasteiger partial charge in [-0.05, 0) is 26.0 Å². The molecule has 4 nitrogen and oxygen atoms in total. The average Bonchev–Trinajstić information content (AvgIpc) is 2.41. The first kappa shape index (κ1) is 12.3. The van der Waals surface area contributed by atoms with E-state index in [2.05, 4.69) is 34.0 Å². The molecule has 2 heterocycles. The van der Waals surface area contributed by atoms with Crippen LogP contribution in [0, 0.1) is 5.82 Å². The van der Waals surface area contributed by atoms with Gasteiger partial charge in [0.05, 0.1) is 17.2 Å². The quantitative estimate of drug-likeness (QED) is 0.851. The Hall–Kier alpha value is -1.75. The van der Waals surface area contributed by atoms with E-state index in [1.807, 2.05) is 0 Å². The van der Waals surface area contributed by atoms with Crippen LogP contribution in [0.5, 0.6) is 0 Å². The van der Waals surface area contributed by atoms with Gasteiger partial charge in [-0.15, -0.1) is 0 Å². The number of hydrogen-bond donors (Lipinski definition) is 1. The highest BCUT2D eigenvalue weighted by atomic mass is 19.1. The molecule has 1 aromatic carbocycles. The van der Waals surface area contributed by atoms with Gasteiger partial charge in [-0.25, -0.2) is 9.37 Å². The zero-order valence-corrected chi connectivity index (χ0v) is 11.1. The van der Waals surface area contributed by atoms with E-state index >= 15 is 0 Å². The van der Waals surface area contributed by atoms with E-state index in [4.69, 9.17) is 0 Å². The maximum Gasteiger partial charge on any atom is 0.148 e. The first-order chi connectivity index (χ1) is 9.13. The molecule has 0 saturated carbocycles. The molecule has 1 aromatic heterocycles. The highest BCUT2D eigenvalue weighted by Crippen LogP contribution is 2.20. The van der Waals surface area contributed by atoms with Crippen LogP contribution in [0.4, 0.5) is 10.2 Å². The van der Waals surface area contributed by atoms with Crippen LogP contribution in [0.25, 0.3) is 11.0 Å². The van der Waals surface area contributed by atoms with Crippen LogP contribution < -0.4 is 10.2 Å². The summed E-state index contributed by atoms with van der Waals surface area (Å²) in [7, 11) is 0. The summed E-state index contributed by atoms with van der Waals surface area (Å²) >= 11 is 0. The molecule has 0 spiro atoms. The van der Waals surface area contributed by atoms with Crippen LogP contribution in [-0.2, 0) is 0 Å². The normalized spacial score (nSPS) is 23.8. The molecule has 2 aromatic rings. The maximum absolute atomic E-state index is 13.1. The Morgan fingerprint density at radius 2 is 2.16 bits per heavy atom. The second-order valence-electron chi connectivity index (χ2n) is 5.17. The summed E-state index contributed by atoms with van der Waals surface area (Å²) < 4.78 is 13.1. The standard InChI is InChI=1S/C14H17FN4/c1-9-8-19(10(2)6-16-9)14-7-17-13-5-11(15)3-4-12(13)18-14/h3-5,7,9-10,16H,6,8H2,1-2H3/t9-,10+/m1/s1. The molecule has 3 rings (SSSR count). The number of piperazine rings is 1. The van der Waals surface area contributed by atoms with Crippen LogP contribution in [-0.4, -0.2) is 35.1 Å². The fourth-order valence-corrected chi connectivity index (χ4v) is 2.45. The minimum absolute atomic E-state index is 0.279. The molecule has 1 N–H and O–H groups in total. The minimum Gasteiger partial charge on any atom is -0.350 e. The summed E-state index contributed by atoms with van der Waals surface area (Å²) in [5, 5.41) is 3.44. The van der Waals surface area contributed by atoms with Gasteiger partial charge in [0.1, 0.15) is 11.6 Å². The van der Waals surface area contributed by atoms with Gasteiger partial charge in [0.25, 0.3) is 0 Å². The van der Waals surface area contributed by atoms with E-state index < -0.39 is 0 Å². The first-order valence-corrected chi connectivity index (χ1v) is 6.56. The van der Waals surface area contributed by atoms with Gasteiger partial charge >= 0.3 is 0 Å². The molecule has 0 radical (unpaired) electrons. The Morgan fingerprint density at radius 3 is 3.00 bits per heavy atom. The molecule has 5 heteroatoms.